The van der Waals surface area contributed by atoms with Crippen LogP contribution in [-0.4, -0.2) is 14.3 Å². The summed E-state index contributed by atoms with van der Waals surface area (Å²) in [4.78, 5) is 24.7. The Bertz CT molecular complexity index is 1520. The number of hydrogen-bond donors (Lipinski definition) is 1. The maximum absolute atomic E-state index is 13.0. The Balaban J connectivity index is 1.73. The van der Waals surface area contributed by atoms with Gasteiger partial charge in [-0.2, -0.15) is 0 Å². The molecule has 1 aromatic heterocycles. The SMILES string of the molecule is Cc1ccc(S(=O)(=O)c2cc3cc(C(=O)Nc4ccc(C)c(C)c4)ccc3oc2=O)cc1. The quantitative estimate of drug-likeness (QED) is 0.454. The Morgan fingerprint density at radius 1 is 0.844 bits per heavy atom. The largest absolute Gasteiger partial charge is 0.422 e. The van der Waals surface area contributed by atoms with Crippen LogP contribution in [0.15, 0.2) is 85.7 Å². The second-order valence-corrected chi connectivity index (χ2v) is 9.64. The summed E-state index contributed by atoms with van der Waals surface area (Å²) in [6.45, 7) is 5.78. The maximum atomic E-state index is 13.0. The molecule has 7 heteroatoms. The second kappa shape index (κ2) is 8.09. The normalized spacial score (nSPS) is 11.5. The molecule has 4 rings (SSSR count). The third-order valence-electron chi connectivity index (χ3n) is 5.35. The summed E-state index contributed by atoms with van der Waals surface area (Å²) >= 11 is 0. The predicted molar refractivity (Wildman–Crippen MR) is 123 cm³/mol. The number of amides is 1. The zero-order valence-corrected chi connectivity index (χ0v) is 18.6. The summed E-state index contributed by atoms with van der Waals surface area (Å²) in [7, 11) is -4.08. The highest BCUT2D eigenvalue weighted by Crippen LogP contribution is 2.24. The topological polar surface area (TPSA) is 93.4 Å². The first kappa shape index (κ1) is 21.5. The van der Waals surface area contributed by atoms with Crippen LogP contribution in [-0.2, 0) is 9.84 Å². The third-order valence-corrected chi connectivity index (χ3v) is 7.10. The lowest BCUT2D eigenvalue weighted by Crippen LogP contribution is -2.15. The van der Waals surface area contributed by atoms with Crippen molar-refractivity contribution in [2.45, 2.75) is 30.6 Å². The van der Waals surface area contributed by atoms with Crippen LogP contribution in [0.4, 0.5) is 5.69 Å². The molecule has 162 valence electrons. The molecule has 32 heavy (non-hydrogen) atoms. The van der Waals surface area contributed by atoms with E-state index in [4.69, 9.17) is 4.42 Å². The van der Waals surface area contributed by atoms with E-state index in [1.807, 2.05) is 39.0 Å². The molecule has 0 saturated carbocycles. The van der Waals surface area contributed by atoms with Crippen molar-refractivity contribution in [2.75, 3.05) is 5.32 Å². The number of rotatable bonds is 4. The molecule has 0 aliphatic carbocycles. The van der Waals surface area contributed by atoms with Gasteiger partial charge < -0.3 is 9.73 Å². The molecular formula is C25H21NO5S. The standard InChI is InChI=1S/C25H21NO5S/c1-15-4-9-21(10-5-15)32(29,30)23-14-19-13-18(7-11-22(19)31-25(23)28)24(27)26-20-8-6-16(2)17(3)12-20/h4-14H,1-3H3,(H,26,27). The van der Waals surface area contributed by atoms with Gasteiger partial charge in [-0.15, -0.1) is 0 Å². The lowest BCUT2D eigenvalue weighted by Gasteiger charge is -2.09. The minimum absolute atomic E-state index is 0.00149. The van der Waals surface area contributed by atoms with Crippen molar-refractivity contribution < 1.29 is 17.6 Å². The molecule has 0 bridgehead atoms. The molecule has 0 saturated heterocycles. The number of aryl methyl sites for hydroxylation is 3. The molecule has 0 aliphatic rings. The Labute approximate surface area is 185 Å². The van der Waals surface area contributed by atoms with Crippen molar-refractivity contribution in [3.05, 3.63) is 99.4 Å². The highest BCUT2D eigenvalue weighted by Gasteiger charge is 2.23. The minimum Gasteiger partial charge on any atom is -0.422 e. The van der Waals surface area contributed by atoms with Crippen molar-refractivity contribution in [3.8, 4) is 0 Å². The van der Waals surface area contributed by atoms with Gasteiger partial charge in [-0.1, -0.05) is 23.8 Å². The number of fused-ring (bicyclic) bond motifs is 1. The number of carbonyl (C=O) groups is 1. The fraction of sp³-hybridized carbons (Fsp3) is 0.120. The fourth-order valence-electron chi connectivity index (χ4n) is 3.30. The Hall–Kier alpha value is -3.71. The van der Waals surface area contributed by atoms with Gasteiger partial charge in [0.2, 0.25) is 9.84 Å². The van der Waals surface area contributed by atoms with Gasteiger partial charge in [-0.05, 0) is 80.4 Å². The summed E-state index contributed by atoms with van der Waals surface area (Å²) in [5.74, 6) is -0.357. The Morgan fingerprint density at radius 2 is 1.56 bits per heavy atom. The van der Waals surface area contributed by atoms with Crippen LogP contribution in [0.1, 0.15) is 27.0 Å². The van der Waals surface area contributed by atoms with Gasteiger partial charge in [0, 0.05) is 16.6 Å². The summed E-state index contributed by atoms with van der Waals surface area (Å²) in [5.41, 5.74) is 3.27. The number of hydrogen-bond acceptors (Lipinski definition) is 5. The monoisotopic (exact) mass is 447 g/mol. The summed E-state index contributed by atoms with van der Waals surface area (Å²) in [6, 6.07) is 17.6. The van der Waals surface area contributed by atoms with E-state index in [1.165, 1.54) is 36.4 Å². The van der Waals surface area contributed by atoms with E-state index in [0.29, 0.717) is 16.6 Å². The molecule has 3 aromatic carbocycles. The summed E-state index contributed by atoms with van der Waals surface area (Å²) in [6.07, 6.45) is 0. The number of benzene rings is 3. The molecule has 1 heterocycles. The molecule has 4 aromatic rings. The first-order valence-electron chi connectivity index (χ1n) is 9.93. The van der Waals surface area contributed by atoms with Crippen LogP contribution in [0.5, 0.6) is 0 Å². The summed E-state index contributed by atoms with van der Waals surface area (Å²) in [5, 5.41) is 3.16. The fourth-order valence-corrected chi connectivity index (χ4v) is 4.59. The number of sulfone groups is 1. The van der Waals surface area contributed by atoms with Gasteiger partial charge in [0.05, 0.1) is 4.90 Å². The lowest BCUT2D eigenvalue weighted by atomic mass is 10.1. The smallest absolute Gasteiger partial charge is 0.355 e. The third kappa shape index (κ3) is 4.07. The Morgan fingerprint density at radius 3 is 2.25 bits per heavy atom. The van der Waals surface area contributed by atoms with Gasteiger partial charge in [-0.25, -0.2) is 13.2 Å². The lowest BCUT2D eigenvalue weighted by molar-refractivity contribution is 0.102. The van der Waals surface area contributed by atoms with E-state index >= 15 is 0 Å². The van der Waals surface area contributed by atoms with Crippen molar-refractivity contribution >= 4 is 32.4 Å². The molecule has 0 unspecified atom stereocenters. The first-order valence-corrected chi connectivity index (χ1v) is 11.4. The molecule has 1 amide bonds. The molecule has 0 spiro atoms. The highest BCUT2D eigenvalue weighted by molar-refractivity contribution is 7.91. The van der Waals surface area contributed by atoms with Crippen molar-refractivity contribution in [3.63, 3.8) is 0 Å². The molecule has 0 aliphatic heterocycles. The number of carbonyl (C=O) groups excluding carboxylic acids is 1. The molecule has 0 atom stereocenters. The van der Waals surface area contributed by atoms with Crippen LogP contribution in [0, 0.1) is 20.8 Å². The predicted octanol–water partition coefficient (Wildman–Crippen LogP) is 4.80. The van der Waals surface area contributed by atoms with E-state index in [9.17, 15) is 18.0 Å². The van der Waals surface area contributed by atoms with Gasteiger partial charge in [0.1, 0.15) is 5.58 Å². The molecule has 1 N–H and O–H groups in total. The van der Waals surface area contributed by atoms with Crippen LogP contribution >= 0.6 is 0 Å². The van der Waals surface area contributed by atoms with Gasteiger partial charge in [0.15, 0.2) is 4.90 Å². The van der Waals surface area contributed by atoms with Crippen LogP contribution in [0.2, 0.25) is 0 Å². The molecule has 6 nitrogen and oxygen atoms in total. The Kier molecular flexibility index (Phi) is 5.44. The average molecular weight is 448 g/mol. The van der Waals surface area contributed by atoms with Crippen molar-refractivity contribution in [1.82, 2.24) is 0 Å². The number of anilines is 1. The average Bonchev–Trinajstić information content (AvgIpc) is 2.75. The second-order valence-electron chi connectivity index (χ2n) is 7.72. The molecule has 0 radical (unpaired) electrons. The zero-order valence-electron chi connectivity index (χ0n) is 17.8. The number of nitrogens with one attached hydrogen (secondary N) is 1. The highest BCUT2D eigenvalue weighted by atomic mass is 32.2. The van der Waals surface area contributed by atoms with E-state index in [-0.39, 0.29) is 16.4 Å². The van der Waals surface area contributed by atoms with Crippen molar-refractivity contribution in [1.29, 1.82) is 0 Å². The zero-order chi connectivity index (χ0) is 23.0. The van der Waals surface area contributed by atoms with Gasteiger partial charge >= 0.3 is 5.63 Å². The van der Waals surface area contributed by atoms with Crippen LogP contribution in [0.3, 0.4) is 0 Å². The molecular weight excluding hydrogens is 426 g/mol. The van der Waals surface area contributed by atoms with E-state index in [0.717, 1.165) is 16.7 Å². The van der Waals surface area contributed by atoms with Crippen LogP contribution in [0.25, 0.3) is 11.0 Å². The minimum atomic E-state index is -4.08. The van der Waals surface area contributed by atoms with E-state index < -0.39 is 20.4 Å². The maximum Gasteiger partial charge on any atom is 0.355 e. The first-order chi connectivity index (χ1) is 15.1. The van der Waals surface area contributed by atoms with E-state index in [2.05, 4.69) is 5.32 Å². The van der Waals surface area contributed by atoms with Gasteiger partial charge in [-0.3, -0.25) is 4.79 Å². The molecule has 0 fully saturated rings. The van der Waals surface area contributed by atoms with Crippen LogP contribution < -0.4 is 10.9 Å². The summed E-state index contributed by atoms with van der Waals surface area (Å²) < 4.78 is 31.2. The van der Waals surface area contributed by atoms with Crippen molar-refractivity contribution in [2.24, 2.45) is 0 Å². The van der Waals surface area contributed by atoms with Gasteiger partial charge in [0.25, 0.3) is 5.91 Å². The van der Waals surface area contributed by atoms with E-state index in [1.54, 1.807) is 12.1 Å².